The number of furan rings is 1. The first-order valence-corrected chi connectivity index (χ1v) is 6.40. The molecule has 0 spiro atoms. The number of benzene rings is 1. The van der Waals surface area contributed by atoms with E-state index in [0.717, 1.165) is 0 Å². The van der Waals surface area contributed by atoms with Gasteiger partial charge in [0.15, 0.2) is 5.76 Å². The first kappa shape index (κ1) is 14.1. The molecule has 0 aliphatic rings. The molecule has 0 bridgehead atoms. The molecule has 0 unspecified atom stereocenters. The van der Waals surface area contributed by atoms with Crippen LogP contribution in [0.25, 0.3) is 0 Å². The third kappa shape index (κ3) is 3.86. The normalized spacial score (nSPS) is 10.1. The summed E-state index contributed by atoms with van der Waals surface area (Å²) < 4.78 is 4.93. The molecule has 2 amide bonds. The number of amides is 2. The quantitative estimate of drug-likeness (QED) is 0.890. The van der Waals surface area contributed by atoms with Gasteiger partial charge in [0.2, 0.25) is 5.91 Å². The first-order valence-electron chi connectivity index (χ1n) is 6.03. The maximum atomic E-state index is 11.7. The van der Waals surface area contributed by atoms with Gasteiger partial charge in [-0.3, -0.25) is 9.59 Å². The number of carbonyl (C=O) groups is 2. The molecule has 0 aliphatic heterocycles. The Labute approximate surface area is 120 Å². The summed E-state index contributed by atoms with van der Waals surface area (Å²) in [6, 6.07) is 10.1. The Bertz CT molecular complexity index is 596. The summed E-state index contributed by atoms with van der Waals surface area (Å²) in [5.41, 5.74) is 0.552. The van der Waals surface area contributed by atoms with Crippen LogP contribution < -0.4 is 10.6 Å². The van der Waals surface area contributed by atoms with Crippen LogP contribution in [0.5, 0.6) is 0 Å². The molecule has 0 fully saturated rings. The topological polar surface area (TPSA) is 71.3 Å². The van der Waals surface area contributed by atoms with Crippen molar-refractivity contribution in [2.24, 2.45) is 0 Å². The van der Waals surface area contributed by atoms with Crippen LogP contribution in [-0.4, -0.2) is 18.4 Å². The van der Waals surface area contributed by atoms with Crippen LogP contribution >= 0.6 is 11.6 Å². The van der Waals surface area contributed by atoms with Crippen molar-refractivity contribution < 1.29 is 14.0 Å². The van der Waals surface area contributed by atoms with Crippen molar-refractivity contribution in [1.29, 1.82) is 0 Å². The lowest BCUT2D eigenvalue weighted by Crippen LogP contribution is -2.27. The Morgan fingerprint density at radius 3 is 2.65 bits per heavy atom. The highest BCUT2D eigenvalue weighted by molar-refractivity contribution is 6.33. The number of nitrogens with one attached hydrogen (secondary N) is 2. The number of carbonyl (C=O) groups excluding carboxylic acids is 2. The molecule has 1 aromatic carbocycles. The monoisotopic (exact) mass is 292 g/mol. The largest absolute Gasteiger partial charge is 0.459 e. The number of rotatable bonds is 5. The second-order valence-corrected chi connectivity index (χ2v) is 4.42. The lowest BCUT2D eigenvalue weighted by atomic mass is 10.3. The van der Waals surface area contributed by atoms with Gasteiger partial charge in [-0.25, -0.2) is 0 Å². The van der Waals surface area contributed by atoms with Crippen LogP contribution in [-0.2, 0) is 4.79 Å². The smallest absolute Gasteiger partial charge is 0.286 e. The lowest BCUT2D eigenvalue weighted by molar-refractivity contribution is -0.116. The molecule has 1 aromatic heterocycles. The molecule has 0 saturated heterocycles. The molecule has 0 atom stereocenters. The minimum Gasteiger partial charge on any atom is -0.459 e. The van der Waals surface area contributed by atoms with Crippen LogP contribution in [0.3, 0.4) is 0 Å². The van der Waals surface area contributed by atoms with Gasteiger partial charge in [0, 0.05) is 13.0 Å². The van der Waals surface area contributed by atoms with Crippen molar-refractivity contribution in [3.05, 3.63) is 53.4 Å². The van der Waals surface area contributed by atoms with Crippen molar-refractivity contribution in [1.82, 2.24) is 5.32 Å². The number of halogens is 1. The molecule has 104 valence electrons. The Balaban J connectivity index is 1.76. The fourth-order valence-electron chi connectivity index (χ4n) is 1.56. The summed E-state index contributed by atoms with van der Waals surface area (Å²) in [6.45, 7) is 0.218. The Kier molecular flexibility index (Phi) is 4.79. The predicted molar refractivity (Wildman–Crippen MR) is 75.7 cm³/mol. The average molecular weight is 293 g/mol. The molecular formula is C14H13ClN2O3. The van der Waals surface area contributed by atoms with Crippen molar-refractivity contribution >= 4 is 29.1 Å². The van der Waals surface area contributed by atoms with E-state index in [4.69, 9.17) is 16.0 Å². The van der Waals surface area contributed by atoms with Crippen molar-refractivity contribution in [3.8, 4) is 0 Å². The lowest BCUT2D eigenvalue weighted by Gasteiger charge is -2.07. The number of para-hydroxylation sites is 1. The van der Waals surface area contributed by atoms with E-state index in [-0.39, 0.29) is 30.5 Å². The Morgan fingerprint density at radius 2 is 1.95 bits per heavy atom. The average Bonchev–Trinajstić information content (AvgIpc) is 2.95. The number of anilines is 1. The summed E-state index contributed by atoms with van der Waals surface area (Å²) in [5.74, 6) is -0.352. The van der Waals surface area contributed by atoms with Crippen molar-refractivity contribution in [2.75, 3.05) is 11.9 Å². The van der Waals surface area contributed by atoms with E-state index in [9.17, 15) is 9.59 Å². The summed E-state index contributed by atoms with van der Waals surface area (Å²) in [5, 5.41) is 5.74. The van der Waals surface area contributed by atoms with Crippen molar-refractivity contribution in [3.63, 3.8) is 0 Å². The van der Waals surface area contributed by atoms with Gasteiger partial charge in [-0.2, -0.15) is 0 Å². The van der Waals surface area contributed by atoms with Gasteiger partial charge in [0.1, 0.15) is 0 Å². The van der Waals surface area contributed by atoms with Crippen molar-refractivity contribution in [2.45, 2.75) is 6.42 Å². The van der Waals surface area contributed by atoms with Crippen LogP contribution in [0.4, 0.5) is 5.69 Å². The molecule has 1 heterocycles. The van der Waals surface area contributed by atoms with Gasteiger partial charge in [-0.05, 0) is 24.3 Å². The van der Waals surface area contributed by atoms with E-state index >= 15 is 0 Å². The van der Waals surface area contributed by atoms with Gasteiger partial charge in [-0.15, -0.1) is 0 Å². The van der Waals surface area contributed by atoms with E-state index < -0.39 is 0 Å². The summed E-state index contributed by atoms with van der Waals surface area (Å²) >= 11 is 5.92. The summed E-state index contributed by atoms with van der Waals surface area (Å²) in [7, 11) is 0. The highest BCUT2D eigenvalue weighted by Crippen LogP contribution is 2.20. The second-order valence-electron chi connectivity index (χ2n) is 4.01. The zero-order valence-corrected chi connectivity index (χ0v) is 11.3. The molecule has 20 heavy (non-hydrogen) atoms. The number of hydrogen-bond acceptors (Lipinski definition) is 3. The molecular weight excluding hydrogens is 280 g/mol. The zero-order chi connectivity index (χ0) is 14.4. The summed E-state index contributed by atoms with van der Waals surface area (Å²) in [6.07, 6.45) is 1.57. The van der Waals surface area contributed by atoms with Crippen LogP contribution in [0.2, 0.25) is 5.02 Å². The molecule has 2 rings (SSSR count). The summed E-state index contributed by atoms with van der Waals surface area (Å²) in [4.78, 5) is 23.2. The van der Waals surface area contributed by atoms with Gasteiger partial charge in [-0.1, -0.05) is 23.7 Å². The Hall–Kier alpha value is -2.27. The van der Waals surface area contributed by atoms with Gasteiger partial charge in [0.05, 0.1) is 17.0 Å². The van der Waals surface area contributed by atoms with Crippen LogP contribution in [0, 0.1) is 0 Å². The maximum Gasteiger partial charge on any atom is 0.286 e. The third-order valence-corrected chi connectivity index (χ3v) is 2.86. The molecule has 5 nitrogen and oxygen atoms in total. The highest BCUT2D eigenvalue weighted by atomic mass is 35.5. The van der Waals surface area contributed by atoms with E-state index in [1.807, 2.05) is 0 Å². The molecule has 6 heteroatoms. The second kappa shape index (κ2) is 6.77. The zero-order valence-electron chi connectivity index (χ0n) is 10.6. The Morgan fingerprint density at radius 1 is 1.15 bits per heavy atom. The standard InChI is InChI=1S/C14H13ClN2O3/c15-10-4-1-2-5-11(10)17-13(18)7-8-16-14(19)12-6-3-9-20-12/h1-6,9H,7-8H2,(H,16,19)(H,17,18). The maximum absolute atomic E-state index is 11.7. The molecule has 0 radical (unpaired) electrons. The van der Waals surface area contributed by atoms with E-state index in [1.54, 1.807) is 36.4 Å². The minimum absolute atomic E-state index is 0.150. The molecule has 0 saturated carbocycles. The first-order chi connectivity index (χ1) is 9.66. The van der Waals surface area contributed by atoms with Gasteiger partial charge >= 0.3 is 0 Å². The fourth-order valence-corrected chi connectivity index (χ4v) is 1.74. The van der Waals surface area contributed by atoms with Crippen LogP contribution in [0.15, 0.2) is 47.1 Å². The van der Waals surface area contributed by atoms with Crippen LogP contribution in [0.1, 0.15) is 17.0 Å². The van der Waals surface area contributed by atoms with Gasteiger partial charge < -0.3 is 15.1 Å². The SMILES string of the molecule is O=C(CCNC(=O)c1ccco1)Nc1ccccc1Cl. The molecule has 0 aliphatic carbocycles. The van der Waals surface area contributed by atoms with E-state index in [1.165, 1.54) is 6.26 Å². The molecule has 2 aromatic rings. The predicted octanol–water partition coefficient (Wildman–Crippen LogP) is 2.69. The number of hydrogen-bond donors (Lipinski definition) is 2. The fraction of sp³-hybridized carbons (Fsp3) is 0.143. The van der Waals surface area contributed by atoms with E-state index in [2.05, 4.69) is 10.6 Å². The minimum atomic E-state index is -0.347. The third-order valence-electron chi connectivity index (χ3n) is 2.53. The van der Waals surface area contributed by atoms with Gasteiger partial charge in [0.25, 0.3) is 5.91 Å². The molecule has 2 N–H and O–H groups in total. The van der Waals surface area contributed by atoms with E-state index in [0.29, 0.717) is 10.7 Å². The highest BCUT2D eigenvalue weighted by Gasteiger charge is 2.09.